The molecule has 4 nitrogen and oxygen atoms in total. The number of rotatable bonds is 4. The lowest BCUT2D eigenvalue weighted by Gasteiger charge is -2.08. The summed E-state index contributed by atoms with van der Waals surface area (Å²) in [5.41, 5.74) is 7.01. The van der Waals surface area contributed by atoms with Crippen LogP contribution >= 0.6 is 12.4 Å². The van der Waals surface area contributed by atoms with E-state index in [0.717, 1.165) is 5.56 Å². The number of hydrogen-bond donors (Lipinski definition) is 2. The molecule has 0 aromatic heterocycles. The first-order chi connectivity index (χ1) is 7.17. The number of methoxy groups -OCH3 is 1. The average Bonchev–Trinajstić information content (AvgIpc) is 2.28. The molecule has 1 unspecified atom stereocenters. The Morgan fingerprint density at radius 3 is 2.81 bits per heavy atom. The van der Waals surface area contributed by atoms with E-state index < -0.39 is 0 Å². The number of ether oxygens (including phenoxy) is 1. The van der Waals surface area contributed by atoms with Crippen LogP contribution in [0.15, 0.2) is 24.3 Å². The zero-order valence-corrected chi connectivity index (χ0v) is 9.87. The zero-order valence-electron chi connectivity index (χ0n) is 9.05. The van der Waals surface area contributed by atoms with Crippen molar-refractivity contribution in [1.29, 1.82) is 0 Å². The van der Waals surface area contributed by atoms with Crippen LogP contribution in [0.1, 0.15) is 15.9 Å². The molecule has 90 valence electrons. The number of aliphatic hydroxyl groups excluding tert-OH is 1. The van der Waals surface area contributed by atoms with E-state index in [-0.39, 0.29) is 31.0 Å². The van der Waals surface area contributed by atoms with Gasteiger partial charge in [-0.15, -0.1) is 12.4 Å². The quantitative estimate of drug-likeness (QED) is 0.768. The highest BCUT2D eigenvalue weighted by molar-refractivity contribution is 5.89. The van der Waals surface area contributed by atoms with E-state index in [1.54, 1.807) is 18.2 Å². The monoisotopic (exact) mass is 245 g/mol. The molecule has 0 heterocycles. The summed E-state index contributed by atoms with van der Waals surface area (Å²) < 4.78 is 4.60. The van der Waals surface area contributed by atoms with Gasteiger partial charge in [0, 0.05) is 6.04 Å². The molecule has 1 aromatic carbocycles. The molecular weight excluding hydrogens is 230 g/mol. The summed E-state index contributed by atoms with van der Waals surface area (Å²) in [6.45, 7) is -0.0670. The van der Waals surface area contributed by atoms with Crippen molar-refractivity contribution in [3.05, 3.63) is 35.4 Å². The van der Waals surface area contributed by atoms with Gasteiger partial charge in [0.1, 0.15) is 0 Å². The molecular formula is C11H16ClNO3. The lowest BCUT2D eigenvalue weighted by atomic mass is 10.0. The fourth-order valence-electron chi connectivity index (χ4n) is 1.31. The second-order valence-corrected chi connectivity index (χ2v) is 3.34. The van der Waals surface area contributed by atoms with Crippen LogP contribution < -0.4 is 5.73 Å². The fraction of sp³-hybridized carbons (Fsp3) is 0.364. The van der Waals surface area contributed by atoms with Crippen LogP contribution in [0.25, 0.3) is 0 Å². The van der Waals surface area contributed by atoms with E-state index in [4.69, 9.17) is 10.8 Å². The number of carbonyl (C=O) groups is 1. The molecule has 0 aliphatic heterocycles. The molecule has 5 heteroatoms. The molecule has 0 aliphatic carbocycles. The summed E-state index contributed by atoms with van der Waals surface area (Å²) in [6.07, 6.45) is 0.543. The van der Waals surface area contributed by atoms with Crippen molar-refractivity contribution in [2.24, 2.45) is 5.73 Å². The highest BCUT2D eigenvalue weighted by atomic mass is 35.5. The van der Waals surface area contributed by atoms with Gasteiger partial charge in [-0.25, -0.2) is 4.79 Å². The molecule has 1 atom stereocenters. The van der Waals surface area contributed by atoms with E-state index in [1.165, 1.54) is 7.11 Å². The second-order valence-electron chi connectivity index (χ2n) is 3.34. The summed E-state index contributed by atoms with van der Waals surface area (Å²) in [7, 11) is 1.34. The number of carbonyl (C=O) groups excluding carboxylic acids is 1. The largest absolute Gasteiger partial charge is 0.465 e. The summed E-state index contributed by atoms with van der Waals surface area (Å²) in [5.74, 6) is -0.366. The van der Waals surface area contributed by atoms with E-state index in [1.807, 2.05) is 6.07 Å². The minimum Gasteiger partial charge on any atom is -0.465 e. The smallest absolute Gasteiger partial charge is 0.337 e. The van der Waals surface area contributed by atoms with Crippen molar-refractivity contribution < 1.29 is 14.6 Å². The number of hydrogen-bond acceptors (Lipinski definition) is 4. The van der Waals surface area contributed by atoms with Gasteiger partial charge in [-0.1, -0.05) is 12.1 Å². The van der Waals surface area contributed by atoms with Crippen molar-refractivity contribution in [1.82, 2.24) is 0 Å². The van der Waals surface area contributed by atoms with Crippen molar-refractivity contribution in [2.75, 3.05) is 13.7 Å². The molecule has 0 amide bonds. The topological polar surface area (TPSA) is 72.5 Å². The van der Waals surface area contributed by atoms with Gasteiger partial charge in [-0.05, 0) is 24.1 Å². The second kappa shape index (κ2) is 7.22. The van der Waals surface area contributed by atoms with Crippen LogP contribution in [0.5, 0.6) is 0 Å². The SMILES string of the molecule is COC(=O)c1cccc(CC(N)CO)c1.Cl. The maximum Gasteiger partial charge on any atom is 0.337 e. The molecule has 3 N–H and O–H groups in total. The van der Waals surface area contributed by atoms with E-state index in [9.17, 15) is 4.79 Å². The van der Waals surface area contributed by atoms with Gasteiger partial charge in [0.2, 0.25) is 0 Å². The first-order valence-electron chi connectivity index (χ1n) is 4.71. The molecule has 0 fully saturated rings. The third-order valence-electron chi connectivity index (χ3n) is 2.08. The number of benzene rings is 1. The zero-order chi connectivity index (χ0) is 11.3. The Balaban J connectivity index is 0.00000225. The standard InChI is InChI=1S/C11H15NO3.ClH/c1-15-11(14)9-4-2-3-8(5-9)6-10(12)7-13;/h2-5,10,13H,6-7,12H2,1H3;1H. The van der Waals surface area contributed by atoms with Crippen LogP contribution in [0.3, 0.4) is 0 Å². The average molecular weight is 246 g/mol. The minimum absolute atomic E-state index is 0. The van der Waals surface area contributed by atoms with E-state index in [0.29, 0.717) is 12.0 Å². The van der Waals surface area contributed by atoms with Crippen LogP contribution in [-0.4, -0.2) is 30.8 Å². The number of nitrogens with two attached hydrogens (primary N) is 1. The molecule has 1 aromatic rings. The Labute approximate surface area is 101 Å². The molecule has 0 spiro atoms. The molecule has 0 aliphatic rings. The van der Waals surface area contributed by atoms with Gasteiger partial charge in [0.05, 0.1) is 19.3 Å². The van der Waals surface area contributed by atoms with Crippen molar-refractivity contribution >= 4 is 18.4 Å². The lowest BCUT2D eigenvalue weighted by molar-refractivity contribution is 0.0600. The van der Waals surface area contributed by atoms with Crippen LogP contribution in [0, 0.1) is 0 Å². The highest BCUT2D eigenvalue weighted by Crippen LogP contribution is 2.08. The predicted octanol–water partition coefficient (Wildman–Crippen LogP) is 0.757. The molecule has 0 saturated carbocycles. The van der Waals surface area contributed by atoms with Crippen molar-refractivity contribution in [3.63, 3.8) is 0 Å². The molecule has 0 saturated heterocycles. The summed E-state index contributed by atoms with van der Waals surface area (Å²) in [5, 5.41) is 8.80. The fourth-order valence-corrected chi connectivity index (χ4v) is 1.31. The Bertz CT molecular complexity index is 344. The first-order valence-corrected chi connectivity index (χ1v) is 4.71. The molecule has 0 bridgehead atoms. The number of aliphatic hydroxyl groups is 1. The Kier molecular flexibility index (Phi) is 6.72. The van der Waals surface area contributed by atoms with Gasteiger partial charge in [-0.2, -0.15) is 0 Å². The number of halogens is 1. The van der Waals surface area contributed by atoms with E-state index >= 15 is 0 Å². The molecule has 0 radical (unpaired) electrons. The summed E-state index contributed by atoms with van der Waals surface area (Å²) >= 11 is 0. The van der Waals surface area contributed by atoms with Crippen LogP contribution in [0.4, 0.5) is 0 Å². The molecule has 1 rings (SSSR count). The van der Waals surface area contributed by atoms with Gasteiger partial charge in [0.25, 0.3) is 0 Å². The van der Waals surface area contributed by atoms with E-state index in [2.05, 4.69) is 4.74 Å². The lowest BCUT2D eigenvalue weighted by Crippen LogP contribution is -2.26. The van der Waals surface area contributed by atoms with Crippen molar-refractivity contribution in [2.45, 2.75) is 12.5 Å². The summed E-state index contributed by atoms with van der Waals surface area (Å²) in [6, 6.07) is 6.74. The van der Waals surface area contributed by atoms with Gasteiger partial charge >= 0.3 is 5.97 Å². The van der Waals surface area contributed by atoms with Crippen molar-refractivity contribution in [3.8, 4) is 0 Å². The maximum absolute atomic E-state index is 11.2. The maximum atomic E-state index is 11.2. The Hall–Kier alpha value is -1.10. The van der Waals surface area contributed by atoms with Gasteiger partial charge in [-0.3, -0.25) is 0 Å². The third-order valence-corrected chi connectivity index (χ3v) is 2.08. The normalized spacial score (nSPS) is 11.4. The summed E-state index contributed by atoms with van der Waals surface area (Å²) in [4.78, 5) is 11.2. The Morgan fingerprint density at radius 2 is 2.25 bits per heavy atom. The number of esters is 1. The van der Waals surface area contributed by atoms with Crippen LogP contribution in [0.2, 0.25) is 0 Å². The van der Waals surface area contributed by atoms with Gasteiger partial charge < -0.3 is 15.6 Å². The first kappa shape index (κ1) is 14.9. The molecule has 16 heavy (non-hydrogen) atoms. The highest BCUT2D eigenvalue weighted by Gasteiger charge is 2.07. The van der Waals surface area contributed by atoms with Crippen LogP contribution in [-0.2, 0) is 11.2 Å². The van der Waals surface area contributed by atoms with Gasteiger partial charge in [0.15, 0.2) is 0 Å². The third kappa shape index (κ3) is 4.18. The Morgan fingerprint density at radius 1 is 1.56 bits per heavy atom. The minimum atomic E-state index is -0.366. The predicted molar refractivity (Wildman–Crippen MR) is 63.8 cm³/mol.